The third-order valence-electron chi connectivity index (χ3n) is 3.46. The first kappa shape index (κ1) is 17.8. The fourth-order valence-electron chi connectivity index (χ4n) is 2.19. The van der Waals surface area contributed by atoms with E-state index in [4.69, 9.17) is 32.7 Å². The topological polar surface area (TPSA) is 62.1 Å². The quantitative estimate of drug-likeness (QED) is 0.579. The zero-order valence-electron chi connectivity index (χ0n) is 13.4. The van der Waals surface area contributed by atoms with Crippen molar-refractivity contribution in [2.75, 3.05) is 14.2 Å². The monoisotopic (exact) mass is 396 g/mol. The summed E-state index contributed by atoms with van der Waals surface area (Å²) in [7, 11) is 3.19. The first-order valence-electron chi connectivity index (χ1n) is 7.20. The van der Waals surface area contributed by atoms with Gasteiger partial charge in [-0.2, -0.15) is 4.68 Å². The van der Waals surface area contributed by atoms with Crippen LogP contribution in [0, 0.1) is 0 Å². The van der Waals surface area contributed by atoms with E-state index in [0.717, 1.165) is 5.56 Å². The molecule has 0 radical (unpaired) electrons. The average molecular weight is 397 g/mol. The Morgan fingerprint density at radius 3 is 2.52 bits per heavy atom. The Labute approximate surface area is 159 Å². The molecule has 0 aliphatic heterocycles. The summed E-state index contributed by atoms with van der Waals surface area (Å²) in [5.41, 5.74) is 1.52. The van der Waals surface area contributed by atoms with Crippen molar-refractivity contribution in [2.45, 2.75) is 10.9 Å². The number of ether oxygens (including phenoxy) is 2. The van der Waals surface area contributed by atoms with Crippen molar-refractivity contribution in [1.82, 2.24) is 20.2 Å². The average Bonchev–Trinajstić information content (AvgIpc) is 3.09. The third kappa shape index (κ3) is 3.84. The van der Waals surface area contributed by atoms with Crippen LogP contribution in [0.1, 0.15) is 5.56 Å². The van der Waals surface area contributed by atoms with Gasteiger partial charge in [0.25, 0.3) is 0 Å². The minimum Gasteiger partial charge on any atom is -0.497 e. The van der Waals surface area contributed by atoms with E-state index in [1.807, 2.05) is 18.2 Å². The molecule has 0 atom stereocenters. The van der Waals surface area contributed by atoms with E-state index in [1.165, 1.54) is 11.8 Å². The number of aromatic nitrogens is 4. The summed E-state index contributed by atoms with van der Waals surface area (Å²) in [5, 5.41) is 13.7. The number of hydrogen-bond donors (Lipinski definition) is 0. The first-order valence-corrected chi connectivity index (χ1v) is 8.94. The number of methoxy groups -OCH3 is 2. The Morgan fingerprint density at radius 2 is 1.84 bits per heavy atom. The smallest absolute Gasteiger partial charge is 0.214 e. The van der Waals surface area contributed by atoms with Gasteiger partial charge in [-0.1, -0.05) is 41.0 Å². The molecule has 9 heteroatoms. The number of tetrazole rings is 1. The number of thioether (sulfide) groups is 1. The van der Waals surface area contributed by atoms with Gasteiger partial charge in [0.05, 0.1) is 14.2 Å². The van der Waals surface area contributed by atoms with Crippen LogP contribution in [0.5, 0.6) is 11.5 Å². The molecule has 0 saturated heterocycles. The van der Waals surface area contributed by atoms with Crippen LogP contribution in [-0.4, -0.2) is 34.4 Å². The molecule has 3 aromatic rings. The number of halogens is 2. The zero-order valence-corrected chi connectivity index (χ0v) is 15.8. The molecule has 0 fully saturated rings. The Balaban J connectivity index is 1.91. The predicted molar refractivity (Wildman–Crippen MR) is 98.3 cm³/mol. The fraction of sp³-hybridized carbons (Fsp3) is 0.188. The lowest BCUT2D eigenvalue weighted by atomic mass is 10.2. The van der Waals surface area contributed by atoms with E-state index < -0.39 is 0 Å². The van der Waals surface area contributed by atoms with Gasteiger partial charge in [0.1, 0.15) is 17.2 Å². The van der Waals surface area contributed by atoms with Crippen LogP contribution in [0.2, 0.25) is 10.0 Å². The highest BCUT2D eigenvalue weighted by Crippen LogP contribution is 2.33. The molecular formula is C16H14Cl2N4O2S. The molecule has 0 bridgehead atoms. The van der Waals surface area contributed by atoms with Crippen molar-refractivity contribution in [1.29, 1.82) is 0 Å². The summed E-state index contributed by atoms with van der Waals surface area (Å²) in [5.74, 6) is 1.84. The van der Waals surface area contributed by atoms with E-state index in [2.05, 4.69) is 15.5 Å². The van der Waals surface area contributed by atoms with Crippen LogP contribution in [0.4, 0.5) is 0 Å². The maximum absolute atomic E-state index is 6.22. The molecule has 0 saturated carbocycles. The Hall–Kier alpha value is -1.96. The van der Waals surface area contributed by atoms with Crippen molar-refractivity contribution < 1.29 is 9.47 Å². The molecule has 0 aliphatic carbocycles. The van der Waals surface area contributed by atoms with Gasteiger partial charge in [0, 0.05) is 21.9 Å². The Kier molecular flexibility index (Phi) is 5.67. The summed E-state index contributed by atoms with van der Waals surface area (Å²) in [6.07, 6.45) is 0. The van der Waals surface area contributed by atoms with Crippen LogP contribution in [0.25, 0.3) is 5.69 Å². The second-order valence-electron chi connectivity index (χ2n) is 4.90. The normalized spacial score (nSPS) is 10.7. The highest BCUT2D eigenvalue weighted by molar-refractivity contribution is 7.98. The summed E-state index contributed by atoms with van der Waals surface area (Å²) in [4.78, 5) is 0. The standard InChI is InChI=1S/C16H14Cl2N4O2S/c1-23-10-6-7-15(24-2)14(8-10)22-16(19-20-21-22)25-9-11-12(17)4-3-5-13(11)18/h3-8H,9H2,1-2H3. The molecule has 0 amide bonds. The maximum atomic E-state index is 6.22. The summed E-state index contributed by atoms with van der Waals surface area (Å²) >= 11 is 13.9. The molecule has 0 N–H and O–H groups in total. The second kappa shape index (κ2) is 7.95. The minimum atomic E-state index is 0.533. The molecule has 6 nitrogen and oxygen atoms in total. The number of benzene rings is 2. The van der Waals surface area contributed by atoms with Crippen molar-refractivity contribution in [2.24, 2.45) is 0 Å². The van der Waals surface area contributed by atoms with Crippen LogP contribution in [-0.2, 0) is 5.75 Å². The number of rotatable bonds is 6. The molecule has 0 aliphatic rings. The first-order chi connectivity index (χ1) is 12.1. The molecule has 3 rings (SSSR count). The van der Waals surface area contributed by atoms with E-state index in [9.17, 15) is 0 Å². The highest BCUT2D eigenvalue weighted by Gasteiger charge is 2.16. The van der Waals surface area contributed by atoms with Gasteiger partial charge in [-0.3, -0.25) is 0 Å². The van der Waals surface area contributed by atoms with E-state index >= 15 is 0 Å². The molecule has 2 aromatic carbocycles. The van der Waals surface area contributed by atoms with Crippen molar-refractivity contribution in [3.05, 3.63) is 52.0 Å². The van der Waals surface area contributed by atoms with Crippen molar-refractivity contribution in [3.63, 3.8) is 0 Å². The van der Waals surface area contributed by atoms with Crippen LogP contribution >= 0.6 is 35.0 Å². The molecule has 1 aromatic heterocycles. The lowest BCUT2D eigenvalue weighted by Crippen LogP contribution is -2.03. The highest BCUT2D eigenvalue weighted by atomic mass is 35.5. The van der Waals surface area contributed by atoms with Crippen LogP contribution in [0.3, 0.4) is 0 Å². The van der Waals surface area contributed by atoms with Gasteiger partial charge < -0.3 is 9.47 Å². The lowest BCUT2D eigenvalue weighted by molar-refractivity contribution is 0.399. The SMILES string of the molecule is COc1ccc(OC)c(-n2nnnc2SCc2c(Cl)cccc2Cl)c1. The Bertz CT molecular complexity index is 868. The van der Waals surface area contributed by atoms with Gasteiger partial charge in [0.2, 0.25) is 5.16 Å². The van der Waals surface area contributed by atoms with E-state index in [-0.39, 0.29) is 0 Å². The van der Waals surface area contributed by atoms with Gasteiger partial charge in [-0.05, 0) is 40.3 Å². The Morgan fingerprint density at radius 1 is 1.08 bits per heavy atom. The van der Waals surface area contributed by atoms with Crippen molar-refractivity contribution >= 4 is 35.0 Å². The van der Waals surface area contributed by atoms with Gasteiger partial charge in [0.15, 0.2) is 0 Å². The summed E-state index contributed by atoms with van der Waals surface area (Å²) in [6, 6.07) is 10.8. The minimum absolute atomic E-state index is 0.533. The predicted octanol–water partition coefficient (Wildman–Crippen LogP) is 4.28. The molecular weight excluding hydrogens is 383 g/mol. The van der Waals surface area contributed by atoms with Crippen LogP contribution in [0.15, 0.2) is 41.6 Å². The fourth-order valence-corrected chi connectivity index (χ4v) is 3.81. The molecule has 0 spiro atoms. The summed E-state index contributed by atoms with van der Waals surface area (Å²) < 4.78 is 12.3. The molecule has 0 unspecified atom stereocenters. The molecule has 1 heterocycles. The van der Waals surface area contributed by atoms with Gasteiger partial charge in [-0.25, -0.2) is 0 Å². The third-order valence-corrected chi connectivity index (χ3v) is 5.12. The lowest BCUT2D eigenvalue weighted by Gasteiger charge is -2.11. The van der Waals surface area contributed by atoms with Crippen LogP contribution < -0.4 is 9.47 Å². The maximum Gasteiger partial charge on any atom is 0.214 e. The van der Waals surface area contributed by atoms with Crippen molar-refractivity contribution in [3.8, 4) is 17.2 Å². The van der Waals surface area contributed by atoms with E-state index in [1.54, 1.807) is 37.1 Å². The summed E-state index contributed by atoms with van der Waals surface area (Å²) in [6.45, 7) is 0. The zero-order chi connectivity index (χ0) is 17.8. The number of nitrogens with zero attached hydrogens (tertiary/aromatic N) is 4. The van der Waals surface area contributed by atoms with E-state index in [0.29, 0.717) is 38.1 Å². The van der Waals surface area contributed by atoms with Gasteiger partial charge >= 0.3 is 0 Å². The molecule has 25 heavy (non-hydrogen) atoms. The largest absolute Gasteiger partial charge is 0.497 e. The van der Waals surface area contributed by atoms with Gasteiger partial charge in [-0.15, -0.1) is 5.10 Å². The second-order valence-corrected chi connectivity index (χ2v) is 6.66. The number of hydrogen-bond acceptors (Lipinski definition) is 6. The molecule has 130 valence electrons.